The number of benzene rings is 3. The van der Waals surface area contributed by atoms with Crippen molar-refractivity contribution in [3.05, 3.63) is 94.5 Å². The highest BCUT2D eigenvalue weighted by atomic mass is 35.5. The Morgan fingerprint density at radius 1 is 0.966 bits per heavy atom. The fourth-order valence-corrected chi connectivity index (χ4v) is 3.74. The topological polar surface area (TPSA) is 58.2 Å². The van der Waals surface area contributed by atoms with E-state index in [1.807, 2.05) is 67.6 Å². The summed E-state index contributed by atoms with van der Waals surface area (Å²) < 4.78 is 0. The molecule has 0 spiro atoms. The van der Waals surface area contributed by atoms with E-state index in [4.69, 9.17) is 11.6 Å². The van der Waals surface area contributed by atoms with Crippen LogP contribution in [0.25, 0.3) is 0 Å². The van der Waals surface area contributed by atoms with Crippen molar-refractivity contribution in [3.63, 3.8) is 0 Å². The molecular formula is C23H21ClN2O2S. The third kappa shape index (κ3) is 6.38. The van der Waals surface area contributed by atoms with Gasteiger partial charge in [-0.25, -0.2) is 0 Å². The normalized spacial score (nSPS) is 10.4. The average molecular weight is 425 g/mol. The first kappa shape index (κ1) is 21.0. The SMILES string of the molecule is Cc1ccc(NC(=O)CSc2ccccc2C(=O)NCc2cccc(Cl)c2)cc1. The van der Waals surface area contributed by atoms with E-state index in [1.54, 1.807) is 12.1 Å². The number of carbonyl (C=O) groups is 2. The molecule has 0 atom stereocenters. The second-order valence-corrected chi connectivity index (χ2v) is 7.97. The van der Waals surface area contributed by atoms with Crippen molar-refractivity contribution in [2.75, 3.05) is 11.1 Å². The second kappa shape index (κ2) is 10.1. The average Bonchev–Trinajstić information content (AvgIpc) is 2.72. The fourth-order valence-electron chi connectivity index (χ4n) is 2.68. The summed E-state index contributed by atoms with van der Waals surface area (Å²) in [5, 5.41) is 6.40. The molecule has 3 aromatic rings. The van der Waals surface area contributed by atoms with Crippen LogP contribution in [0.4, 0.5) is 5.69 Å². The molecule has 0 heterocycles. The van der Waals surface area contributed by atoms with E-state index in [9.17, 15) is 9.59 Å². The monoisotopic (exact) mass is 424 g/mol. The molecule has 2 N–H and O–H groups in total. The molecule has 3 rings (SSSR count). The Bertz CT molecular complexity index is 1010. The van der Waals surface area contributed by atoms with Crippen molar-refractivity contribution in [2.45, 2.75) is 18.4 Å². The van der Waals surface area contributed by atoms with Crippen LogP contribution in [-0.2, 0) is 11.3 Å². The Labute approximate surface area is 179 Å². The molecule has 6 heteroatoms. The molecule has 0 aromatic heterocycles. The minimum atomic E-state index is -0.188. The molecule has 0 fully saturated rings. The van der Waals surface area contributed by atoms with Crippen molar-refractivity contribution in [1.82, 2.24) is 5.32 Å². The summed E-state index contributed by atoms with van der Waals surface area (Å²) in [5.41, 5.74) is 3.36. The molecule has 3 aromatic carbocycles. The van der Waals surface area contributed by atoms with Crippen LogP contribution in [0.2, 0.25) is 5.02 Å². The lowest BCUT2D eigenvalue weighted by molar-refractivity contribution is -0.113. The Morgan fingerprint density at radius 3 is 2.48 bits per heavy atom. The predicted octanol–water partition coefficient (Wildman–Crippen LogP) is 5.31. The fraction of sp³-hybridized carbons (Fsp3) is 0.130. The third-order valence-electron chi connectivity index (χ3n) is 4.17. The van der Waals surface area contributed by atoms with Crippen LogP contribution in [0.1, 0.15) is 21.5 Å². The van der Waals surface area contributed by atoms with Gasteiger partial charge in [0.05, 0.1) is 11.3 Å². The van der Waals surface area contributed by atoms with Crippen LogP contribution in [0, 0.1) is 6.92 Å². The third-order valence-corrected chi connectivity index (χ3v) is 5.48. The van der Waals surface area contributed by atoms with Gasteiger partial charge in [0.2, 0.25) is 5.91 Å². The van der Waals surface area contributed by atoms with Gasteiger partial charge in [0.15, 0.2) is 0 Å². The Hall–Kier alpha value is -2.76. The molecule has 148 valence electrons. The first-order valence-corrected chi connectivity index (χ1v) is 10.5. The molecule has 0 bridgehead atoms. The van der Waals surface area contributed by atoms with Crippen LogP contribution >= 0.6 is 23.4 Å². The maximum absolute atomic E-state index is 12.6. The molecule has 0 radical (unpaired) electrons. The van der Waals surface area contributed by atoms with Gasteiger partial charge in [-0.2, -0.15) is 0 Å². The first-order valence-electron chi connectivity index (χ1n) is 9.12. The van der Waals surface area contributed by atoms with Crippen LogP contribution in [0.5, 0.6) is 0 Å². The van der Waals surface area contributed by atoms with Crippen LogP contribution < -0.4 is 10.6 Å². The lowest BCUT2D eigenvalue weighted by atomic mass is 10.2. The molecule has 0 aliphatic carbocycles. The maximum Gasteiger partial charge on any atom is 0.252 e. The molecule has 29 heavy (non-hydrogen) atoms. The minimum absolute atomic E-state index is 0.118. The van der Waals surface area contributed by atoms with Gasteiger partial charge in [-0.15, -0.1) is 11.8 Å². The van der Waals surface area contributed by atoms with E-state index < -0.39 is 0 Å². The quantitative estimate of drug-likeness (QED) is 0.505. The van der Waals surface area contributed by atoms with Crippen molar-refractivity contribution in [2.24, 2.45) is 0 Å². The Balaban J connectivity index is 1.58. The second-order valence-electron chi connectivity index (χ2n) is 6.51. The van der Waals surface area contributed by atoms with Crippen molar-refractivity contribution < 1.29 is 9.59 Å². The number of halogens is 1. The van der Waals surface area contributed by atoms with Crippen molar-refractivity contribution in [3.8, 4) is 0 Å². The molecular weight excluding hydrogens is 404 g/mol. The number of nitrogens with one attached hydrogen (secondary N) is 2. The summed E-state index contributed by atoms with van der Waals surface area (Å²) in [4.78, 5) is 25.6. The number of carbonyl (C=O) groups excluding carboxylic acids is 2. The minimum Gasteiger partial charge on any atom is -0.348 e. The van der Waals surface area contributed by atoms with Crippen LogP contribution in [0.15, 0.2) is 77.7 Å². The molecule has 2 amide bonds. The van der Waals surface area contributed by atoms with Crippen LogP contribution in [-0.4, -0.2) is 17.6 Å². The first-order chi connectivity index (χ1) is 14.0. The zero-order valence-electron chi connectivity index (χ0n) is 15.9. The van der Waals surface area contributed by atoms with Gasteiger partial charge >= 0.3 is 0 Å². The predicted molar refractivity (Wildman–Crippen MR) is 120 cm³/mol. The molecule has 0 saturated heterocycles. The van der Waals surface area contributed by atoms with Gasteiger partial charge in [-0.05, 0) is 48.9 Å². The number of rotatable bonds is 7. The van der Waals surface area contributed by atoms with Gasteiger partial charge in [-0.3, -0.25) is 9.59 Å². The zero-order chi connectivity index (χ0) is 20.6. The van der Waals surface area contributed by atoms with E-state index in [1.165, 1.54) is 11.8 Å². The number of anilines is 1. The number of amides is 2. The molecule has 0 saturated carbocycles. The number of thioether (sulfide) groups is 1. The summed E-state index contributed by atoms with van der Waals surface area (Å²) in [6, 6.07) is 22.3. The highest BCUT2D eigenvalue weighted by Crippen LogP contribution is 2.23. The van der Waals surface area contributed by atoms with Crippen molar-refractivity contribution in [1.29, 1.82) is 0 Å². The zero-order valence-corrected chi connectivity index (χ0v) is 17.5. The van der Waals surface area contributed by atoms with Gasteiger partial charge in [0.25, 0.3) is 5.91 Å². The van der Waals surface area contributed by atoms with E-state index in [0.29, 0.717) is 17.1 Å². The lowest BCUT2D eigenvalue weighted by Crippen LogP contribution is -2.23. The maximum atomic E-state index is 12.6. The Morgan fingerprint density at radius 2 is 1.72 bits per heavy atom. The summed E-state index contributed by atoms with van der Waals surface area (Å²) in [6.07, 6.45) is 0. The van der Waals surface area contributed by atoms with E-state index in [0.717, 1.165) is 21.7 Å². The number of aryl methyl sites for hydroxylation is 1. The molecule has 0 unspecified atom stereocenters. The largest absolute Gasteiger partial charge is 0.348 e. The van der Waals surface area contributed by atoms with Gasteiger partial charge in [-0.1, -0.05) is 53.6 Å². The summed E-state index contributed by atoms with van der Waals surface area (Å²) in [5.74, 6) is -0.0908. The molecule has 0 aliphatic heterocycles. The smallest absolute Gasteiger partial charge is 0.252 e. The summed E-state index contributed by atoms with van der Waals surface area (Å²) in [6.45, 7) is 2.38. The van der Waals surface area contributed by atoms with Crippen LogP contribution in [0.3, 0.4) is 0 Å². The van der Waals surface area contributed by atoms with E-state index in [2.05, 4.69) is 10.6 Å². The molecule has 0 aliphatic rings. The van der Waals surface area contributed by atoms with Gasteiger partial charge in [0.1, 0.15) is 0 Å². The standard InChI is InChI=1S/C23H21ClN2O2S/c1-16-9-11-19(12-10-16)26-22(27)15-29-21-8-3-2-7-20(21)23(28)25-14-17-5-4-6-18(24)13-17/h2-13H,14-15H2,1H3,(H,25,28)(H,26,27). The highest BCUT2D eigenvalue weighted by molar-refractivity contribution is 8.00. The van der Waals surface area contributed by atoms with Crippen molar-refractivity contribution >= 4 is 40.9 Å². The van der Waals surface area contributed by atoms with E-state index in [-0.39, 0.29) is 17.6 Å². The number of hydrogen-bond acceptors (Lipinski definition) is 3. The lowest BCUT2D eigenvalue weighted by Gasteiger charge is -2.10. The summed E-state index contributed by atoms with van der Waals surface area (Å²) >= 11 is 7.32. The highest BCUT2D eigenvalue weighted by Gasteiger charge is 2.13. The molecule has 4 nitrogen and oxygen atoms in total. The van der Waals surface area contributed by atoms with Gasteiger partial charge < -0.3 is 10.6 Å². The number of hydrogen-bond donors (Lipinski definition) is 2. The Kier molecular flexibility index (Phi) is 7.33. The summed E-state index contributed by atoms with van der Waals surface area (Å²) in [7, 11) is 0. The van der Waals surface area contributed by atoms with Gasteiger partial charge in [0, 0.05) is 22.2 Å². The van der Waals surface area contributed by atoms with E-state index >= 15 is 0 Å².